The number of alkyl halides is 1. The van der Waals surface area contributed by atoms with Crippen molar-refractivity contribution in [3.05, 3.63) is 28.2 Å². The minimum atomic E-state index is -0.640. The summed E-state index contributed by atoms with van der Waals surface area (Å²) < 4.78 is 10.9. The third-order valence-electron chi connectivity index (χ3n) is 4.33. The van der Waals surface area contributed by atoms with E-state index in [1.165, 1.54) is 7.11 Å². The molecule has 2 aliphatic heterocycles. The van der Waals surface area contributed by atoms with Crippen LogP contribution in [0.15, 0.2) is 22.7 Å². The summed E-state index contributed by atoms with van der Waals surface area (Å²) in [5.74, 6) is 0. The summed E-state index contributed by atoms with van der Waals surface area (Å²) in [5, 5.41) is 0. The second-order valence-electron chi connectivity index (χ2n) is 7.16. The van der Waals surface area contributed by atoms with Crippen LogP contribution >= 0.6 is 31.9 Å². The van der Waals surface area contributed by atoms with Gasteiger partial charge in [0, 0.05) is 11.0 Å². The molecule has 136 valence electrons. The molecule has 0 unspecified atom stereocenters. The molecule has 2 aliphatic rings. The van der Waals surface area contributed by atoms with Crippen molar-refractivity contribution in [1.29, 1.82) is 0 Å². The van der Waals surface area contributed by atoms with Gasteiger partial charge in [0.25, 0.3) is 0 Å². The van der Waals surface area contributed by atoms with Gasteiger partial charge in [-0.2, -0.15) is 0 Å². The fraction of sp³-hybridized carbons (Fsp3) is 0.529. The van der Waals surface area contributed by atoms with Crippen LogP contribution in [-0.2, 0) is 13.8 Å². The second-order valence-corrected chi connectivity index (χ2v) is 9.49. The maximum atomic E-state index is 12.9. The fourth-order valence-electron chi connectivity index (χ4n) is 3.40. The number of ether oxygens (including phenoxy) is 2. The third kappa shape index (κ3) is 3.03. The third-order valence-corrected chi connectivity index (χ3v) is 6.06. The molecule has 8 heteroatoms. The number of amides is 2. The van der Waals surface area contributed by atoms with Gasteiger partial charge >= 0.3 is 12.2 Å². The highest BCUT2D eigenvalue weighted by Crippen LogP contribution is 2.56. The molecule has 1 saturated heterocycles. The van der Waals surface area contributed by atoms with E-state index in [4.69, 9.17) is 9.47 Å². The zero-order chi connectivity index (χ0) is 18.6. The molecule has 0 bridgehead atoms. The van der Waals surface area contributed by atoms with Crippen LogP contribution in [0.3, 0.4) is 0 Å². The van der Waals surface area contributed by atoms with Gasteiger partial charge in [-0.1, -0.05) is 31.9 Å². The fourth-order valence-corrected chi connectivity index (χ4v) is 4.71. The van der Waals surface area contributed by atoms with Gasteiger partial charge in [-0.3, -0.25) is 9.80 Å². The van der Waals surface area contributed by atoms with E-state index in [9.17, 15) is 9.59 Å². The van der Waals surface area contributed by atoms with E-state index in [2.05, 4.69) is 31.9 Å². The van der Waals surface area contributed by atoms with Crippen molar-refractivity contribution in [2.45, 2.75) is 43.3 Å². The summed E-state index contributed by atoms with van der Waals surface area (Å²) >= 11 is 7.30. The smallest absolute Gasteiger partial charge is 0.416 e. The molecule has 0 aromatic heterocycles. The SMILES string of the molecule is COC(=O)N1CC[C@@]2(Br)c3cc(Br)ccc3N(C(=O)OC(C)(C)C)[C@@H]12. The molecule has 0 aliphatic carbocycles. The molecule has 0 spiro atoms. The van der Waals surface area contributed by atoms with Crippen LogP contribution in [0.25, 0.3) is 0 Å². The van der Waals surface area contributed by atoms with Gasteiger partial charge in [0.1, 0.15) is 11.8 Å². The molecule has 2 amide bonds. The Hall–Kier alpha value is -1.28. The molecule has 0 radical (unpaired) electrons. The number of hydrogen-bond acceptors (Lipinski definition) is 4. The molecule has 0 saturated carbocycles. The molecule has 2 heterocycles. The Bertz CT molecular complexity index is 734. The number of methoxy groups -OCH3 is 1. The summed E-state index contributed by atoms with van der Waals surface area (Å²) in [6.45, 7) is 5.93. The van der Waals surface area contributed by atoms with E-state index >= 15 is 0 Å². The summed E-state index contributed by atoms with van der Waals surface area (Å²) in [7, 11) is 1.34. The van der Waals surface area contributed by atoms with Crippen molar-refractivity contribution >= 4 is 49.7 Å². The van der Waals surface area contributed by atoms with Crippen molar-refractivity contribution in [2.75, 3.05) is 18.6 Å². The Labute approximate surface area is 163 Å². The van der Waals surface area contributed by atoms with Gasteiger partial charge in [-0.15, -0.1) is 0 Å². The van der Waals surface area contributed by atoms with Crippen LogP contribution in [-0.4, -0.2) is 42.5 Å². The minimum Gasteiger partial charge on any atom is -0.453 e. The lowest BCUT2D eigenvalue weighted by atomic mass is 9.98. The van der Waals surface area contributed by atoms with Crippen LogP contribution in [0.2, 0.25) is 0 Å². The number of carbonyl (C=O) groups excluding carboxylic acids is 2. The zero-order valence-corrected chi connectivity index (χ0v) is 17.7. The van der Waals surface area contributed by atoms with Gasteiger partial charge in [-0.25, -0.2) is 9.59 Å². The predicted octanol–water partition coefficient (Wildman–Crippen LogP) is 4.59. The van der Waals surface area contributed by atoms with Crippen LogP contribution in [0.5, 0.6) is 0 Å². The summed E-state index contributed by atoms with van der Waals surface area (Å²) in [4.78, 5) is 28.3. The summed E-state index contributed by atoms with van der Waals surface area (Å²) in [6, 6.07) is 5.71. The lowest BCUT2D eigenvalue weighted by Gasteiger charge is -2.34. The molecule has 1 fully saturated rings. The summed E-state index contributed by atoms with van der Waals surface area (Å²) in [5.41, 5.74) is 1.04. The number of hydrogen-bond donors (Lipinski definition) is 0. The van der Waals surface area contributed by atoms with E-state index < -0.39 is 28.3 Å². The Balaban J connectivity index is 2.11. The first-order chi connectivity index (χ1) is 11.6. The molecule has 2 atom stereocenters. The quantitative estimate of drug-likeness (QED) is 0.515. The number of halogens is 2. The largest absolute Gasteiger partial charge is 0.453 e. The Morgan fingerprint density at radius 2 is 1.96 bits per heavy atom. The van der Waals surface area contributed by atoms with Gasteiger partial charge in [-0.05, 0) is 51.0 Å². The van der Waals surface area contributed by atoms with Crippen LogP contribution in [0.1, 0.15) is 32.8 Å². The highest BCUT2D eigenvalue weighted by molar-refractivity contribution is 9.10. The molecule has 1 aromatic carbocycles. The molecule has 1 aromatic rings. The second kappa shape index (κ2) is 6.16. The van der Waals surface area contributed by atoms with Gasteiger partial charge in [0.2, 0.25) is 0 Å². The lowest BCUT2D eigenvalue weighted by molar-refractivity contribution is 0.0525. The van der Waals surface area contributed by atoms with Gasteiger partial charge in [0.05, 0.1) is 17.1 Å². The average Bonchev–Trinajstić information content (AvgIpc) is 2.96. The van der Waals surface area contributed by atoms with Crippen molar-refractivity contribution in [3.8, 4) is 0 Å². The average molecular weight is 476 g/mol. The Kier molecular flexibility index (Phi) is 4.56. The number of rotatable bonds is 0. The Morgan fingerprint density at radius 1 is 1.28 bits per heavy atom. The normalized spacial score (nSPS) is 24.8. The molecule has 0 N–H and O–H groups in total. The van der Waals surface area contributed by atoms with E-state index in [0.29, 0.717) is 13.0 Å². The van der Waals surface area contributed by atoms with Crippen LogP contribution in [0, 0.1) is 0 Å². The number of likely N-dealkylation sites (tertiary alicyclic amines) is 1. The molecule has 6 nitrogen and oxygen atoms in total. The number of carbonyl (C=O) groups is 2. The highest BCUT2D eigenvalue weighted by Gasteiger charge is 2.60. The van der Waals surface area contributed by atoms with E-state index in [1.54, 1.807) is 9.80 Å². The van der Waals surface area contributed by atoms with E-state index in [1.807, 2.05) is 39.0 Å². The van der Waals surface area contributed by atoms with Crippen molar-refractivity contribution in [1.82, 2.24) is 4.90 Å². The van der Waals surface area contributed by atoms with Crippen molar-refractivity contribution in [2.24, 2.45) is 0 Å². The van der Waals surface area contributed by atoms with E-state index in [0.717, 1.165) is 15.7 Å². The topological polar surface area (TPSA) is 59.1 Å². The minimum absolute atomic E-state index is 0.466. The molecule has 25 heavy (non-hydrogen) atoms. The zero-order valence-electron chi connectivity index (χ0n) is 14.5. The first-order valence-corrected chi connectivity index (χ1v) is 9.53. The van der Waals surface area contributed by atoms with Crippen molar-refractivity contribution < 1.29 is 19.1 Å². The molecular formula is C17H20Br2N2O4. The first kappa shape index (κ1) is 18.5. The van der Waals surface area contributed by atoms with E-state index in [-0.39, 0.29) is 0 Å². The standard InChI is InChI=1S/C17H20Br2N2O4/c1-16(2,3)25-15(23)21-12-6-5-10(18)9-11(12)17(19)7-8-20(13(17)21)14(22)24-4/h5-6,9,13H,7-8H2,1-4H3/t13-,17-/m1/s1. The number of benzene rings is 1. The van der Waals surface area contributed by atoms with Crippen LogP contribution < -0.4 is 4.90 Å². The van der Waals surface area contributed by atoms with Gasteiger partial charge < -0.3 is 9.47 Å². The number of nitrogens with zero attached hydrogens (tertiary/aromatic N) is 2. The summed E-state index contributed by atoms with van der Waals surface area (Å²) in [6.07, 6.45) is -0.834. The monoisotopic (exact) mass is 474 g/mol. The van der Waals surface area contributed by atoms with Crippen LogP contribution in [0.4, 0.5) is 15.3 Å². The first-order valence-electron chi connectivity index (χ1n) is 7.94. The van der Waals surface area contributed by atoms with Crippen molar-refractivity contribution in [3.63, 3.8) is 0 Å². The lowest BCUT2D eigenvalue weighted by Crippen LogP contribution is -2.53. The predicted molar refractivity (Wildman–Crippen MR) is 101 cm³/mol. The van der Waals surface area contributed by atoms with Gasteiger partial charge in [0.15, 0.2) is 0 Å². The maximum Gasteiger partial charge on any atom is 0.416 e. The number of anilines is 1. The molecular weight excluding hydrogens is 456 g/mol. The maximum absolute atomic E-state index is 12.9. The molecule has 3 rings (SSSR count). The highest BCUT2D eigenvalue weighted by atomic mass is 79.9. The number of fused-ring (bicyclic) bond motifs is 3. The Morgan fingerprint density at radius 3 is 2.56 bits per heavy atom.